The molecule has 0 bridgehead atoms. The molecule has 0 atom stereocenters. The van der Waals surface area contributed by atoms with Crippen LogP contribution in [0.25, 0.3) is 22.4 Å². The summed E-state index contributed by atoms with van der Waals surface area (Å²) < 4.78 is 5.91. The molecule has 1 aromatic carbocycles. The second-order valence-electron chi connectivity index (χ2n) is 6.67. The van der Waals surface area contributed by atoms with Gasteiger partial charge >= 0.3 is 5.97 Å². The van der Waals surface area contributed by atoms with Crippen molar-refractivity contribution in [1.82, 2.24) is 4.98 Å². The van der Waals surface area contributed by atoms with Crippen molar-refractivity contribution in [3.8, 4) is 11.5 Å². The van der Waals surface area contributed by atoms with Gasteiger partial charge in [-0.1, -0.05) is 20.8 Å². The summed E-state index contributed by atoms with van der Waals surface area (Å²) in [6.07, 6.45) is 1.80. The van der Waals surface area contributed by atoms with Crippen molar-refractivity contribution in [1.29, 1.82) is 0 Å². The summed E-state index contributed by atoms with van der Waals surface area (Å²) in [5.74, 6) is -0.0570. The monoisotopic (exact) mass is 341 g/mol. The smallest absolute Gasteiger partial charge is 0.313 e. The van der Waals surface area contributed by atoms with Gasteiger partial charge in [0.1, 0.15) is 11.3 Å². The lowest BCUT2D eigenvalue weighted by Gasteiger charge is -2.18. The molecule has 0 aliphatic heterocycles. The second kappa shape index (κ2) is 6.32. The number of aliphatic carboxylic acids is 1. The Hall–Kier alpha value is -2.27. The highest BCUT2D eigenvalue weighted by molar-refractivity contribution is 8.00. The maximum Gasteiger partial charge on any atom is 0.313 e. The van der Waals surface area contributed by atoms with E-state index in [-0.39, 0.29) is 11.2 Å². The van der Waals surface area contributed by atoms with Crippen molar-refractivity contribution in [3.05, 3.63) is 48.2 Å². The summed E-state index contributed by atoms with van der Waals surface area (Å²) in [7, 11) is 0. The summed E-state index contributed by atoms with van der Waals surface area (Å²) in [4.78, 5) is 16.0. The molecule has 0 radical (unpaired) electrons. The standard InChI is InChI=1S/C19H19NO3S/c1-19(2,3)13-6-7-20-15(10-13)17-9-12-8-14(24-11-18(21)22)4-5-16(12)23-17/h4-10H,11H2,1-3H3,(H,21,22). The van der Waals surface area contributed by atoms with Crippen LogP contribution in [0.1, 0.15) is 26.3 Å². The fourth-order valence-electron chi connectivity index (χ4n) is 2.41. The molecule has 0 aliphatic carbocycles. The number of furan rings is 1. The number of carbonyl (C=O) groups is 1. The minimum absolute atomic E-state index is 0.0460. The molecule has 2 heterocycles. The molecule has 0 saturated carbocycles. The van der Waals surface area contributed by atoms with Gasteiger partial charge in [0, 0.05) is 16.5 Å². The van der Waals surface area contributed by atoms with E-state index in [1.165, 1.54) is 17.3 Å². The number of hydrogen-bond donors (Lipinski definition) is 1. The van der Waals surface area contributed by atoms with Gasteiger partial charge in [-0.3, -0.25) is 9.78 Å². The molecule has 3 aromatic rings. The first kappa shape index (κ1) is 16.6. The first-order valence-electron chi connectivity index (χ1n) is 7.68. The molecular formula is C19H19NO3S. The average Bonchev–Trinajstić information content (AvgIpc) is 2.95. The van der Waals surface area contributed by atoms with E-state index in [0.29, 0.717) is 0 Å². The van der Waals surface area contributed by atoms with Gasteiger partial charge in [0.05, 0.1) is 5.75 Å². The van der Waals surface area contributed by atoms with Gasteiger partial charge in [0.25, 0.3) is 0 Å². The van der Waals surface area contributed by atoms with Gasteiger partial charge in [-0.15, -0.1) is 11.8 Å². The van der Waals surface area contributed by atoms with Crippen LogP contribution in [-0.2, 0) is 10.2 Å². The highest BCUT2D eigenvalue weighted by Gasteiger charge is 2.16. The zero-order chi connectivity index (χ0) is 17.3. The third kappa shape index (κ3) is 3.62. The van der Waals surface area contributed by atoms with E-state index >= 15 is 0 Å². The van der Waals surface area contributed by atoms with E-state index in [1.54, 1.807) is 6.20 Å². The van der Waals surface area contributed by atoms with Crippen molar-refractivity contribution in [2.45, 2.75) is 31.1 Å². The molecule has 0 aliphatic rings. The maximum absolute atomic E-state index is 10.7. The molecule has 0 unspecified atom stereocenters. The van der Waals surface area contributed by atoms with Gasteiger partial charge < -0.3 is 9.52 Å². The summed E-state index contributed by atoms with van der Waals surface area (Å²) in [5, 5.41) is 9.73. The number of carboxylic acid groups (broad SMARTS) is 1. The summed E-state index contributed by atoms with van der Waals surface area (Å²) >= 11 is 1.30. The van der Waals surface area contributed by atoms with Crippen molar-refractivity contribution in [3.63, 3.8) is 0 Å². The molecular weight excluding hydrogens is 322 g/mol. The second-order valence-corrected chi connectivity index (χ2v) is 7.72. The highest BCUT2D eigenvalue weighted by Crippen LogP contribution is 2.32. The minimum atomic E-state index is -0.823. The van der Waals surface area contributed by atoms with Crippen molar-refractivity contribution in [2.24, 2.45) is 0 Å². The normalized spacial score (nSPS) is 11.8. The molecule has 24 heavy (non-hydrogen) atoms. The Morgan fingerprint density at radius 3 is 2.71 bits per heavy atom. The number of carboxylic acids is 1. The lowest BCUT2D eigenvalue weighted by Crippen LogP contribution is -2.11. The Morgan fingerprint density at radius 1 is 1.21 bits per heavy atom. The lowest BCUT2D eigenvalue weighted by molar-refractivity contribution is -0.133. The van der Waals surface area contributed by atoms with Gasteiger partial charge in [-0.25, -0.2) is 0 Å². The lowest BCUT2D eigenvalue weighted by atomic mass is 9.87. The van der Waals surface area contributed by atoms with Crippen LogP contribution in [0.5, 0.6) is 0 Å². The van der Waals surface area contributed by atoms with Gasteiger partial charge in [0.15, 0.2) is 5.76 Å². The maximum atomic E-state index is 10.7. The predicted molar refractivity (Wildman–Crippen MR) is 96.5 cm³/mol. The zero-order valence-corrected chi connectivity index (χ0v) is 14.7. The number of thioether (sulfide) groups is 1. The summed E-state index contributed by atoms with van der Waals surface area (Å²) in [5.41, 5.74) is 2.82. The quantitative estimate of drug-likeness (QED) is 0.679. The average molecular weight is 341 g/mol. The number of pyridine rings is 1. The van der Waals surface area contributed by atoms with E-state index < -0.39 is 5.97 Å². The number of rotatable bonds is 4. The number of benzene rings is 1. The van der Waals surface area contributed by atoms with Crippen LogP contribution in [0.4, 0.5) is 0 Å². The number of fused-ring (bicyclic) bond motifs is 1. The largest absolute Gasteiger partial charge is 0.481 e. The Morgan fingerprint density at radius 2 is 2.00 bits per heavy atom. The first-order valence-corrected chi connectivity index (χ1v) is 8.66. The topological polar surface area (TPSA) is 63.3 Å². The Labute approximate surface area is 144 Å². The molecule has 0 spiro atoms. The van der Waals surface area contributed by atoms with Gasteiger partial charge in [-0.2, -0.15) is 0 Å². The molecule has 4 nitrogen and oxygen atoms in total. The SMILES string of the molecule is CC(C)(C)c1ccnc(-c2cc3cc(SCC(=O)O)ccc3o2)c1. The molecule has 1 N–H and O–H groups in total. The number of hydrogen-bond acceptors (Lipinski definition) is 4. The minimum Gasteiger partial charge on any atom is -0.481 e. The molecule has 0 amide bonds. The van der Waals surface area contributed by atoms with E-state index in [1.807, 2.05) is 30.3 Å². The summed E-state index contributed by atoms with van der Waals surface area (Å²) in [6, 6.07) is 11.7. The van der Waals surface area contributed by atoms with Crippen LogP contribution in [0, 0.1) is 0 Å². The van der Waals surface area contributed by atoms with E-state index in [9.17, 15) is 4.79 Å². The Bertz CT molecular complexity index is 893. The Balaban J connectivity index is 1.95. The van der Waals surface area contributed by atoms with Gasteiger partial charge in [0.2, 0.25) is 0 Å². The van der Waals surface area contributed by atoms with E-state index in [0.717, 1.165) is 27.3 Å². The molecule has 0 saturated heterocycles. The van der Waals surface area contributed by atoms with Crippen LogP contribution in [0.2, 0.25) is 0 Å². The van der Waals surface area contributed by atoms with Crippen LogP contribution in [0.3, 0.4) is 0 Å². The number of aromatic nitrogens is 1. The Kier molecular flexibility index (Phi) is 4.37. The van der Waals surface area contributed by atoms with Crippen LogP contribution in [-0.4, -0.2) is 21.8 Å². The molecule has 5 heteroatoms. The van der Waals surface area contributed by atoms with Crippen LogP contribution < -0.4 is 0 Å². The third-order valence-electron chi connectivity index (χ3n) is 3.73. The fourth-order valence-corrected chi connectivity index (χ4v) is 3.08. The predicted octanol–water partition coefficient (Wildman–Crippen LogP) is 4.97. The summed E-state index contributed by atoms with van der Waals surface area (Å²) in [6.45, 7) is 6.49. The van der Waals surface area contributed by atoms with Crippen LogP contribution >= 0.6 is 11.8 Å². The number of nitrogens with zero attached hydrogens (tertiary/aromatic N) is 1. The van der Waals surface area contributed by atoms with Gasteiger partial charge in [-0.05, 0) is 47.4 Å². The molecule has 2 aromatic heterocycles. The first-order chi connectivity index (χ1) is 11.3. The van der Waals surface area contributed by atoms with Crippen molar-refractivity contribution >= 4 is 28.7 Å². The zero-order valence-electron chi connectivity index (χ0n) is 13.9. The molecule has 124 valence electrons. The van der Waals surface area contributed by atoms with Crippen molar-refractivity contribution in [2.75, 3.05) is 5.75 Å². The third-order valence-corrected chi connectivity index (χ3v) is 4.71. The van der Waals surface area contributed by atoms with E-state index in [4.69, 9.17) is 9.52 Å². The molecule has 0 fully saturated rings. The molecule has 3 rings (SSSR count). The fraction of sp³-hybridized carbons (Fsp3) is 0.263. The van der Waals surface area contributed by atoms with Crippen LogP contribution in [0.15, 0.2) is 51.9 Å². The van der Waals surface area contributed by atoms with E-state index in [2.05, 4.69) is 31.8 Å². The highest BCUT2D eigenvalue weighted by atomic mass is 32.2. The van der Waals surface area contributed by atoms with Crippen molar-refractivity contribution < 1.29 is 14.3 Å².